The van der Waals surface area contributed by atoms with Crippen molar-refractivity contribution in [2.75, 3.05) is 0 Å². The molecule has 0 saturated heterocycles. The van der Waals surface area contributed by atoms with Gasteiger partial charge in [0.25, 0.3) is 0 Å². The van der Waals surface area contributed by atoms with Gasteiger partial charge in [-0.1, -0.05) is 26.0 Å². The Morgan fingerprint density at radius 3 is 2.13 bits per heavy atom. The highest BCUT2D eigenvalue weighted by molar-refractivity contribution is 5.64. The zero-order chi connectivity index (χ0) is 16.6. The van der Waals surface area contributed by atoms with Crippen LogP contribution in [0.15, 0.2) is 54.6 Å². The van der Waals surface area contributed by atoms with Gasteiger partial charge < -0.3 is 4.57 Å². The van der Waals surface area contributed by atoms with Crippen LogP contribution in [0.25, 0.3) is 16.9 Å². The molecule has 1 aromatic heterocycles. The monoisotopic (exact) mass is 311 g/mol. The summed E-state index contributed by atoms with van der Waals surface area (Å²) in [5, 5.41) is 0. The molecular formula is C20H19F2N. The first-order valence-electron chi connectivity index (χ1n) is 7.71. The molecule has 0 unspecified atom stereocenters. The third-order valence-electron chi connectivity index (χ3n) is 4.11. The second-order valence-electron chi connectivity index (χ2n) is 6.07. The molecule has 2 aromatic carbocycles. The Labute approximate surface area is 135 Å². The van der Waals surface area contributed by atoms with Crippen molar-refractivity contribution < 1.29 is 8.78 Å². The smallest absolute Gasteiger partial charge is 0.159 e. The highest BCUT2D eigenvalue weighted by atomic mass is 19.2. The molecule has 23 heavy (non-hydrogen) atoms. The van der Waals surface area contributed by atoms with Crippen LogP contribution in [0.5, 0.6) is 0 Å². The number of hydrogen-bond donors (Lipinski definition) is 0. The lowest BCUT2D eigenvalue weighted by molar-refractivity contribution is 0.509. The van der Waals surface area contributed by atoms with Crippen LogP contribution in [0.1, 0.15) is 31.0 Å². The first-order valence-corrected chi connectivity index (χ1v) is 7.71. The fourth-order valence-corrected chi connectivity index (χ4v) is 2.77. The van der Waals surface area contributed by atoms with E-state index in [2.05, 4.69) is 42.7 Å². The average molecular weight is 311 g/mol. The molecule has 0 aliphatic heterocycles. The molecule has 0 spiro atoms. The van der Waals surface area contributed by atoms with Crippen molar-refractivity contribution in [3.8, 4) is 16.9 Å². The molecule has 3 aromatic rings. The summed E-state index contributed by atoms with van der Waals surface area (Å²) in [6, 6.07) is 16.3. The molecule has 0 saturated carbocycles. The molecule has 0 amide bonds. The predicted molar refractivity (Wildman–Crippen MR) is 89.9 cm³/mol. The van der Waals surface area contributed by atoms with E-state index in [1.165, 1.54) is 17.7 Å². The van der Waals surface area contributed by atoms with Gasteiger partial charge in [0, 0.05) is 16.9 Å². The fraction of sp³-hybridized carbons (Fsp3) is 0.200. The summed E-state index contributed by atoms with van der Waals surface area (Å²) in [7, 11) is 0. The predicted octanol–water partition coefficient (Wildman–Crippen LogP) is 5.85. The van der Waals surface area contributed by atoms with E-state index in [9.17, 15) is 8.78 Å². The summed E-state index contributed by atoms with van der Waals surface area (Å²) in [4.78, 5) is 0. The molecule has 0 atom stereocenters. The molecular weight excluding hydrogens is 292 g/mol. The minimum absolute atomic E-state index is 0.473. The van der Waals surface area contributed by atoms with Crippen LogP contribution in [-0.2, 0) is 0 Å². The third-order valence-corrected chi connectivity index (χ3v) is 4.11. The lowest BCUT2D eigenvalue weighted by atomic mass is 10.0. The van der Waals surface area contributed by atoms with E-state index < -0.39 is 11.6 Å². The van der Waals surface area contributed by atoms with Crippen molar-refractivity contribution in [2.24, 2.45) is 0 Å². The summed E-state index contributed by atoms with van der Waals surface area (Å²) < 4.78 is 28.8. The van der Waals surface area contributed by atoms with Crippen LogP contribution in [0.2, 0.25) is 0 Å². The number of nitrogens with zero attached hydrogens (tertiary/aromatic N) is 1. The molecule has 3 heteroatoms. The maximum Gasteiger partial charge on any atom is 0.159 e. The lowest BCUT2D eigenvalue weighted by Gasteiger charge is -2.14. The molecule has 0 bridgehead atoms. The number of benzene rings is 2. The Morgan fingerprint density at radius 1 is 0.826 bits per heavy atom. The summed E-state index contributed by atoms with van der Waals surface area (Å²) in [6.07, 6.45) is 0. The number of rotatable bonds is 3. The first-order chi connectivity index (χ1) is 11.0. The van der Waals surface area contributed by atoms with Crippen molar-refractivity contribution >= 4 is 0 Å². The molecule has 1 nitrogen and oxygen atoms in total. The Bertz CT molecular complexity index is 829. The van der Waals surface area contributed by atoms with Gasteiger partial charge in [-0.2, -0.15) is 0 Å². The quantitative estimate of drug-likeness (QED) is 0.571. The van der Waals surface area contributed by atoms with E-state index in [1.54, 1.807) is 6.07 Å². The zero-order valence-electron chi connectivity index (χ0n) is 13.5. The standard InChI is InChI=1S/C20H19F2N/c1-13(2)15-5-8-17(9-6-15)23-14(3)4-11-20(23)16-7-10-18(21)19(22)12-16/h4-13H,1-3H3. The van der Waals surface area contributed by atoms with Crippen molar-refractivity contribution in [1.82, 2.24) is 4.57 Å². The van der Waals surface area contributed by atoms with Crippen molar-refractivity contribution in [3.05, 3.63) is 77.5 Å². The third kappa shape index (κ3) is 2.91. The lowest BCUT2D eigenvalue weighted by Crippen LogP contribution is -2.00. The molecule has 0 N–H and O–H groups in total. The first kappa shape index (κ1) is 15.5. The average Bonchev–Trinajstić information content (AvgIpc) is 2.92. The maximum atomic E-state index is 13.6. The molecule has 1 heterocycles. The minimum Gasteiger partial charge on any atom is -0.314 e. The van der Waals surface area contributed by atoms with Crippen molar-refractivity contribution in [3.63, 3.8) is 0 Å². The van der Waals surface area contributed by atoms with E-state index in [0.29, 0.717) is 11.5 Å². The maximum absolute atomic E-state index is 13.6. The summed E-state index contributed by atoms with van der Waals surface area (Å²) in [5.41, 5.74) is 4.83. The molecule has 3 rings (SSSR count). The Kier molecular flexibility index (Phi) is 4.03. The van der Waals surface area contributed by atoms with E-state index in [-0.39, 0.29) is 0 Å². The van der Waals surface area contributed by atoms with Gasteiger partial charge in [0.1, 0.15) is 0 Å². The van der Waals surface area contributed by atoms with E-state index in [0.717, 1.165) is 17.1 Å². The zero-order valence-corrected chi connectivity index (χ0v) is 13.5. The second-order valence-corrected chi connectivity index (χ2v) is 6.07. The fourth-order valence-electron chi connectivity index (χ4n) is 2.77. The second kappa shape index (κ2) is 5.99. The van der Waals surface area contributed by atoms with Crippen molar-refractivity contribution in [1.29, 1.82) is 0 Å². The van der Waals surface area contributed by atoms with Crippen LogP contribution < -0.4 is 0 Å². The number of aryl methyl sites for hydroxylation is 1. The summed E-state index contributed by atoms with van der Waals surface area (Å²) >= 11 is 0. The van der Waals surface area contributed by atoms with Crippen LogP contribution in [0, 0.1) is 18.6 Å². The van der Waals surface area contributed by atoms with E-state index in [1.807, 2.05) is 19.1 Å². The van der Waals surface area contributed by atoms with Gasteiger partial charge in [0.15, 0.2) is 11.6 Å². The van der Waals surface area contributed by atoms with Crippen LogP contribution in [-0.4, -0.2) is 4.57 Å². The molecule has 0 aliphatic carbocycles. The van der Waals surface area contributed by atoms with Gasteiger partial charge in [-0.25, -0.2) is 8.78 Å². The molecule has 0 aliphatic rings. The normalized spacial score (nSPS) is 11.2. The van der Waals surface area contributed by atoms with Gasteiger partial charge in [-0.15, -0.1) is 0 Å². The summed E-state index contributed by atoms with van der Waals surface area (Å²) in [5.74, 6) is -1.19. The van der Waals surface area contributed by atoms with Crippen LogP contribution in [0.3, 0.4) is 0 Å². The number of halogens is 2. The largest absolute Gasteiger partial charge is 0.314 e. The Hall–Kier alpha value is -2.42. The Morgan fingerprint density at radius 2 is 1.52 bits per heavy atom. The van der Waals surface area contributed by atoms with E-state index in [4.69, 9.17) is 0 Å². The topological polar surface area (TPSA) is 4.93 Å². The summed E-state index contributed by atoms with van der Waals surface area (Å²) in [6.45, 7) is 6.31. The number of hydrogen-bond acceptors (Lipinski definition) is 0. The molecule has 118 valence electrons. The van der Waals surface area contributed by atoms with Gasteiger partial charge in [0.05, 0.1) is 5.69 Å². The molecule has 0 radical (unpaired) electrons. The van der Waals surface area contributed by atoms with Crippen LogP contribution >= 0.6 is 0 Å². The SMILES string of the molecule is Cc1ccc(-c2ccc(F)c(F)c2)n1-c1ccc(C(C)C)cc1. The van der Waals surface area contributed by atoms with Gasteiger partial charge in [-0.3, -0.25) is 0 Å². The van der Waals surface area contributed by atoms with Gasteiger partial charge in [-0.05, 0) is 60.9 Å². The highest BCUT2D eigenvalue weighted by Crippen LogP contribution is 2.28. The van der Waals surface area contributed by atoms with E-state index >= 15 is 0 Å². The van der Waals surface area contributed by atoms with Gasteiger partial charge in [0.2, 0.25) is 0 Å². The molecule has 0 fully saturated rings. The Balaban J connectivity index is 2.09. The van der Waals surface area contributed by atoms with Gasteiger partial charge >= 0.3 is 0 Å². The number of aromatic nitrogens is 1. The van der Waals surface area contributed by atoms with Crippen molar-refractivity contribution in [2.45, 2.75) is 26.7 Å². The highest BCUT2D eigenvalue weighted by Gasteiger charge is 2.12. The minimum atomic E-state index is -0.831. The van der Waals surface area contributed by atoms with Crippen LogP contribution in [0.4, 0.5) is 8.78 Å².